The second kappa shape index (κ2) is 3.20. The van der Waals surface area contributed by atoms with Crippen LogP contribution in [-0.2, 0) is 0 Å². The zero-order valence-corrected chi connectivity index (χ0v) is 8.27. The Morgan fingerprint density at radius 2 is 2.31 bits per heavy atom. The number of benzene rings is 1. The summed E-state index contributed by atoms with van der Waals surface area (Å²) in [5.41, 5.74) is 8.20. The van der Waals surface area contributed by atoms with Gasteiger partial charge < -0.3 is 10.5 Å². The third kappa shape index (κ3) is 1.40. The van der Waals surface area contributed by atoms with Crippen molar-refractivity contribution in [2.45, 2.75) is 19.4 Å². The molecule has 0 aliphatic carbocycles. The Balaban J connectivity index is 2.60. The maximum atomic E-state index is 6.00. The minimum Gasteiger partial charge on any atom is -0.492 e. The van der Waals surface area contributed by atoms with E-state index in [0.717, 1.165) is 23.3 Å². The Hall–Kier alpha value is -0.730. The summed E-state index contributed by atoms with van der Waals surface area (Å²) in [6.45, 7) is 2.70. The third-order valence-electron chi connectivity index (χ3n) is 2.41. The number of aryl methyl sites for hydroxylation is 1. The van der Waals surface area contributed by atoms with Crippen molar-refractivity contribution in [3.05, 3.63) is 28.3 Å². The average Bonchev–Trinajstić information content (AvgIpc) is 2.12. The van der Waals surface area contributed by atoms with Gasteiger partial charge in [0.15, 0.2) is 0 Å². The first kappa shape index (κ1) is 8.85. The second-order valence-corrected chi connectivity index (χ2v) is 3.76. The van der Waals surface area contributed by atoms with Crippen LogP contribution < -0.4 is 10.5 Å². The first-order chi connectivity index (χ1) is 6.20. The van der Waals surface area contributed by atoms with Crippen molar-refractivity contribution in [1.82, 2.24) is 0 Å². The molecule has 13 heavy (non-hydrogen) atoms. The molecule has 0 spiro atoms. The molecule has 0 bridgehead atoms. The van der Waals surface area contributed by atoms with Crippen molar-refractivity contribution in [3.8, 4) is 5.75 Å². The Kier molecular flexibility index (Phi) is 2.18. The highest BCUT2D eigenvalue weighted by molar-refractivity contribution is 6.32. The lowest BCUT2D eigenvalue weighted by atomic mass is 9.97. The Bertz CT molecular complexity index is 338. The summed E-state index contributed by atoms with van der Waals surface area (Å²) in [7, 11) is 0. The molecule has 0 unspecified atom stereocenters. The van der Waals surface area contributed by atoms with E-state index in [-0.39, 0.29) is 6.04 Å². The molecule has 2 rings (SSSR count). The van der Waals surface area contributed by atoms with E-state index >= 15 is 0 Å². The van der Waals surface area contributed by atoms with Gasteiger partial charge in [-0.05, 0) is 18.6 Å². The summed E-state index contributed by atoms with van der Waals surface area (Å²) in [6.07, 6.45) is 0.869. The van der Waals surface area contributed by atoms with Crippen molar-refractivity contribution < 1.29 is 4.74 Å². The zero-order valence-electron chi connectivity index (χ0n) is 7.51. The van der Waals surface area contributed by atoms with Crippen molar-refractivity contribution in [3.63, 3.8) is 0 Å². The highest BCUT2D eigenvalue weighted by atomic mass is 35.5. The van der Waals surface area contributed by atoms with E-state index in [1.165, 1.54) is 0 Å². The summed E-state index contributed by atoms with van der Waals surface area (Å²) in [6, 6.07) is 3.91. The van der Waals surface area contributed by atoms with E-state index in [0.29, 0.717) is 11.6 Å². The largest absolute Gasteiger partial charge is 0.492 e. The van der Waals surface area contributed by atoms with Crippen LogP contribution in [0.5, 0.6) is 5.75 Å². The maximum absolute atomic E-state index is 6.00. The van der Waals surface area contributed by atoms with Crippen LogP contribution in [0.3, 0.4) is 0 Å². The lowest BCUT2D eigenvalue weighted by molar-refractivity contribution is 0.268. The normalized spacial score (nSPS) is 20.7. The molecule has 1 aliphatic heterocycles. The van der Waals surface area contributed by atoms with Crippen LogP contribution in [0.4, 0.5) is 0 Å². The van der Waals surface area contributed by atoms with Crippen molar-refractivity contribution in [2.75, 3.05) is 6.61 Å². The van der Waals surface area contributed by atoms with Crippen LogP contribution >= 0.6 is 11.6 Å². The molecule has 0 amide bonds. The summed E-state index contributed by atoms with van der Waals surface area (Å²) in [4.78, 5) is 0. The van der Waals surface area contributed by atoms with Gasteiger partial charge in [-0.3, -0.25) is 0 Å². The zero-order chi connectivity index (χ0) is 9.42. The summed E-state index contributed by atoms with van der Waals surface area (Å²) in [5, 5.41) is 0.663. The number of nitrogens with two attached hydrogens (primary N) is 1. The molecule has 70 valence electrons. The number of hydrogen-bond donors (Lipinski definition) is 1. The Morgan fingerprint density at radius 3 is 3.00 bits per heavy atom. The monoisotopic (exact) mass is 197 g/mol. The third-order valence-corrected chi connectivity index (χ3v) is 2.71. The van der Waals surface area contributed by atoms with Gasteiger partial charge in [0.1, 0.15) is 5.75 Å². The number of ether oxygens (including phenoxy) is 1. The molecule has 3 heteroatoms. The van der Waals surface area contributed by atoms with Gasteiger partial charge in [-0.15, -0.1) is 0 Å². The van der Waals surface area contributed by atoms with Gasteiger partial charge in [-0.1, -0.05) is 17.7 Å². The van der Waals surface area contributed by atoms with Gasteiger partial charge in [0.25, 0.3) is 0 Å². The quantitative estimate of drug-likeness (QED) is 0.694. The van der Waals surface area contributed by atoms with Crippen molar-refractivity contribution in [1.29, 1.82) is 0 Å². The number of fused-ring (bicyclic) bond motifs is 1. The summed E-state index contributed by atoms with van der Waals surface area (Å²) < 4.78 is 5.49. The van der Waals surface area contributed by atoms with Crippen LogP contribution in [0.1, 0.15) is 23.6 Å². The fourth-order valence-electron chi connectivity index (χ4n) is 1.71. The van der Waals surface area contributed by atoms with Gasteiger partial charge in [-0.25, -0.2) is 0 Å². The van der Waals surface area contributed by atoms with Gasteiger partial charge >= 0.3 is 0 Å². The molecule has 2 nitrogen and oxygen atoms in total. The highest BCUT2D eigenvalue weighted by Gasteiger charge is 2.22. The minimum absolute atomic E-state index is 0.0717. The van der Waals surface area contributed by atoms with E-state index in [4.69, 9.17) is 22.1 Å². The van der Waals surface area contributed by atoms with Gasteiger partial charge in [-0.2, -0.15) is 0 Å². The fourth-order valence-corrected chi connectivity index (χ4v) is 1.93. The Morgan fingerprint density at radius 1 is 1.54 bits per heavy atom. The number of rotatable bonds is 0. The topological polar surface area (TPSA) is 35.2 Å². The second-order valence-electron chi connectivity index (χ2n) is 3.35. The molecular weight excluding hydrogens is 186 g/mol. The molecule has 1 heterocycles. The molecule has 0 radical (unpaired) electrons. The summed E-state index contributed by atoms with van der Waals surface area (Å²) in [5.74, 6) is 0.778. The number of halogens is 1. The van der Waals surface area contributed by atoms with E-state index < -0.39 is 0 Å². The van der Waals surface area contributed by atoms with Crippen molar-refractivity contribution >= 4 is 11.6 Å². The first-order valence-corrected chi connectivity index (χ1v) is 4.75. The highest BCUT2D eigenvalue weighted by Crippen LogP contribution is 2.38. The molecule has 1 aliphatic rings. The molecule has 0 saturated carbocycles. The Labute approximate surface area is 82.6 Å². The molecule has 0 saturated heterocycles. The van der Waals surface area contributed by atoms with E-state index in [1.54, 1.807) is 0 Å². The van der Waals surface area contributed by atoms with Gasteiger partial charge in [0.2, 0.25) is 0 Å². The molecule has 1 aromatic rings. The fraction of sp³-hybridized carbons (Fsp3) is 0.400. The smallest absolute Gasteiger partial charge is 0.142 e. The number of hydrogen-bond acceptors (Lipinski definition) is 2. The molecule has 0 aromatic heterocycles. The first-order valence-electron chi connectivity index (χ1n) is 4.37. The molecule has 1 aromatic carbocycles. The predicted octanol–water partition coefficient (Wildman–Crippen LogP) is 2.43. The molecule has 0 fully saturated rings. The summed E-state index contributed by atoms with van der Waals surface area (Å²) >= 11 is 6.00. The van der Waals surface area contributed by atoms with Crippen LogP contribution in [0.15, 0.2) is 12.1 Å². The average molecular weight is 198 g/mol. The van der Waals surface area contributed by atoms with Crippen LogP contribution in [0.2, 0.25) is 5.02 Å². The van der Waals surface area contributed by atoms with Gasteiger partial charge in [0.05, 0.1) is 11.6 Å². The lowest BCUT2D eigenvalue weighted by Crippen LogP contribution is -2.21. The van der Waals surface area contributed by atoms with Crippen LogP contribution in [0.25, 0.3) is 0 Å². The van der Waals surface area contributed by atoms with E-state index in [9.17, 15) is 0 Å². The lowest BCUT2D eigenvalue weighted by Gasteiger charge is -2.25. The molecule has 1 atom stereocenters. The maximum Gasteiger partial charge on any atom is 0.142 e. The van der Waals surface area contributed by atoms with Crippen LogP contribution in [-0.4, -0.2) is 6.61 Å². The minimum atomic E-state index is 0.0717. The standard InChI is InChI=1S/C10H12ClNO/c1-6-2-3-7(11)10-9(6)8(12)4-5-13-10/h2-3,8H,4-5,12H2,1H3/t8-/m0/s1. The van der Waals surface area contributed by atoms with Crippen molar-refractivity contribution in [2.24, 2.45) is 5.73 Å². The SMILES string of the molecule is Cc1ccc(Cl)c2c1[C@@H](N)CCO2. The van der Waals surface area contributed by atoms with E-state index in [2.05, 4.69) is 0 Å². The predicted molar refractivity (Wildman–Crippen MR) is 53.2 cm³/mol. The molecule has 2 N–H and O–H groups in total. The molecular formula is C10H12ClNO. The van der Waals surface area contributed by atoms with E-state index in [1.807, 2.05) is 19.1 Å². The van der Waals surface area contributed by atoms with Crippen LogP contribution in [0, 0.1) is 6.92 Å². The van der Waals surface area contributed by atoms with Gasteiger partial charge in [0, 0.05) is 18.0 Å².